The van der Waals surface area contributed by atoms with Gasteiger partial charge >= 0.3 is 6.18 Å². The topological polar surface area (TPSA) is 12.9 Å². The minimum Gasteiger partial charge on any atom is -0.253 e. The fraction of sp³-hybridized carbons (Fsp3) is 0.214. The lowest BCUT2D eigenvalue weighted by molar-refractivity contribution is -0.137. The van der Waals surface area contributed by atoms with Gasteiger partial charge in [-0.05, 0) is 30.7 Å². The van der Waals surface area contributed by atoms with E-state index in [1.54, 1.807) is 25.1 Å². The van der Waals surface area contributed by atoms with Crippen molar-refractivity contribution in [3.05, 3.63) is 53.2 Å². The number of aryl methyl sites for hydroxylation is 1. The van der Waals surface area contributed by atoms with Crippen LogP contribution in [-0.2, 0) is 12.1 Å². The van der Waals surface area contributed by atoms with Crippen LogP contribution < -0.4 is 0 Å². The van der Waals surface area contributed by atoms with Crippen LogP contribution in [0.15, 0.2) is 36.4 Å². The van der Waals surface area contributed by atoms with Crippen molar-refractivity contribution in [1.29, 1.82) is 0 Å². The molecule has 0 saturated carbocycles. The largest absolute Gasteiger partial charge is 0.416 e. The summed E-state index contributed by atoms with van der Waals surface area (Å²) in [7, 11) is 0. The van der Waals surface area contributed by atoms with Crippen molar-refractivity contribution in [2.24, 2.45) is 0 Å². The van der Waals surface area contributed by atoms with E-state index in [-0.39, 0.29) is 0 Å². The number of hydrogen-bond acceptors (Lipinski definition) is 1. The molecule has 0 amide bonds. The van der Waals surface area contributed by atoms with Crippen LogP contribution in [0.5, 0.6) is 0 Å². The number of alkyl halides is 4. The van der Waals surface area contributed by atoms with Crippen molar-refractivity contribution in [2.75, 3.05) is 0 Å². The normalized spacial score (nSPS) is 11.6. The van der Waals surface area contributed by atoms with Crippen molar-refractivity contribution in [3.63, 3.8) is 0 Å². The fourth-order valence-corrected chi connectivity index (χ4v) is 2.03. The Kier molecular flexibility index (Phi) is 3.80. The van der Waals surface area contributed by atoms with Crippen LogP contribution in [-0.4, -0.2) is 4.98 Å². The zero-order valence-electron chi connectivity index (χ0n) is 10.1. The Morgan fingerprint density at radius 2 is 1.89 bits per heavy atom. The van der Waals surface area contributed by atoms with E-state index in [2.05, 4.69) is 4.98 Å². The molecule has 1 nitrogen and oxygen atoms in total. The first-order valence-electron chi connectivity index (χ1n) is 5.62. The van der Waals surface area contributed by atoms with E-state index in [1.807, 2.05) is 0 Å². The van der Waals surface area contributed by atoms with E-state index in [0.29, 0.717) is 17.1 Å². The standard InChI is InChI=1S/C14H11ClF3N/c1-9-11(8-15)5-6-13(19-9)10-3-2-4-12(7-10)14(16,17)18/h2-7H,8H2,1H3. The molecular weight excluding hydrogens is 275 g/mol. The summed E-state index contributed by atoms with van der Waals surface area (Å²) in [5, 5.41) is 0. The van der Waals surface area contributed by atoms with E-state index in [4.69, 9.17) is 11.6 Å². The third kappa shape index (κ3) is 3.07. The molecule has 0 radical (unpaired) electrons. The Morgan fingerprint density at radius 3 is 2.47 bits per heavy atom. The zero-order valence-corrected chi connectivity index (χ0v) is 10.9. The molecule has 0 N–H and O–H groups in total. The van der Waals surface area contributed by atoms with Crippen LogP contribution in [0.4, 0.5) is 13.2 Å². The van der Waals surface area contributed by atoms with Gasteiger partial charge in [0.15, 0.2) is 0 Å². The van der Waals surface area contributed by atoms with Gasteiger partial charge in [-0.15, -0.1) is 11.6 Å². The quantitative estimate of drug-likeness (QED) is 0.721. The van der Waals surface area contributed by atoms with Gasteiger partial charge in [-0.25, -0.2) is 0 Å². The number of halogens is 4. The Hall–Kier alpha value is -1.55. The first-order chi connectivity index (χ1) is 8.91. The molecule has 0 atom stereocenters. The lowest BCUT2D eigenvalue weighted by atomic mass is 10.1. The van der Waals surface area contributed by atoms with Crippen LogP contribution in [0.2, 0.25) is 0 Å². The van der Waals surface area contributed by atoms with Gasteiger partial charge < -0.3 is 0 Å². The molecule has 19 heavy (non-hydrogen) atoms. The molecule has 1 aromatic carbocycles. The van der Waals surface area contributed by atoms with Crippen molar-refractivity contribution in [2.45, 2.75) is 19.0 Å². The van der Waals surface area contributed by atoms with Gasteiger partial charge in [0.1, 0.15) is 0 Å². The van der Waals surface area contributed by atoms with E-state index in [0.717, 1.165) is 23.4 Å². The van der Waals surface area contributed by atoms with Crippen LogP contribution in [0.1, 0.15) is 16.8 Å². The third-order valence-electron chi connectivity index (χ3n) is 2.82. The molecule has 1 aromatic heterocycles. The van der Waals surface area contributed by atoms with Gasteiger partial charge in [-0.3, -0.25) is 4.98 Å². The third-order valence-corrected chi connectivity index (χ3v) is 3.11. The van der Waals surface area contributed by atoms with Crippen LogP contribution in [0, 0.1) is 6.92 Å². The highest BCUT2D eigenvalue weighted by Gasteiger charge is 2.30. The van der Waals surface area contributed by atoms with Crippen molar-refractivity contribution in [3.8, 4) is 11.3 Å². The smallest absolute Gasteiger partial charge is 0.253 e. The maximum atomic E-state index is 12.6. The molecule has 2 rings (SSSR count). The van der Waals surface area contributed by atoms with Crippen LogP contribution in [0.25, 0.3) is 11.3 Å². The molecule has 0 spiro atoms. The lowest BCUT2D eigenvalue weighted by Crippen LogP contribution is -2.04. The minimum atomic E-state index is -4.35. The Balaban J connectivity index is 2.45. The second kappa shape index (κ2) is 5.21. The molecule has 100 valence electrons. The number of pyridine rings is 1. The van der Waals surface area contributed by atoms with Gasteiger partial charge in [0.2, 0.25) is 0 Å². The van der Waals surface area contributed by atoms with Gasteiger partial charge in [-0.2, -0.15) is 13.2 Å². The molecule has 0 aliphatic heterocycles. The molecule has 0 fully saturated rings. The number of benzene rings is 1. The molecule has 0 saturated heterocycles. The molecule has 2 aromatic rings. The van der Waals surface area contributed by atoms with Gasteiger partial charge in [-0.1, -0.05) is 18.2 Å². The summed E-state index contributed by atoms with van der Waals surface area (Å²) >= 11 is 5.73. The molecule has 0 unspecified atom stereocenters. The average Bonchev–Trinajstić information content (AvgIpc) is 2.38. The maximum absolute atomic E-state index is 12.6. The highest BCUT2D eigenvalue weighted by molar-refractivity contribution is 6.17. The van der Waals surface area contributed by atoms with Crippen molar-refractivity contribution < 1.29 is 13.2 Å². The highest BCUT2D eigenvalue weighted by atomic mass is 35.5. The summed E-state index contributed by atoms with van der Waals surface area (Å²) in [6, 6.07) is 8.60. The van der Waals surface area contributed by atoms with Gasteiger partial charge in [0.05, 0.1) is 11.3 Å². The summed E-state index contributed by atoms with van der Waals surface area (Å²) in [5.41, 5.74) is 1.88. The first kappa shape index (κ1) is 13.9. The highest BCUT2D eigenvalue weighted by Crippen LogP contribution is 2.31. The van der Waals surface area contributed by atoms with Crippen molar-refractivity contribution in [1.82, 2.24) is 4.98 Å². The van der Waals surface area contributed by atoms with E-state index in [9.17, 15) is 13.2 Å². The zero-order chi connectivity index (χ0) is 14.0. The first-order valence-corrected chi connectivity index (χ1v) is 6.15. The maximum Gasteiger partial charge on any atom is 0.416 e. The van der Waals surface area contributed by atoms with Gasteiger partial charge in [0.25, 0.3) is 0 Å². The van der Waals surface area contributed by atoms with E-state index < -0.39 is 11.7 Å². The second-order valence-corrected chi connectivity index (χ2v) is 4.42. The summed E-state index contributed by atoms with van der Waals surface area (Å²) in [5.74, 6) is 0.335. The summed E-state index contributed by atoms with van der Waals surface area (Å²) < 4.78 is 37.9. The number of nitrogens with zero attached hydrogens (tertiary/aromatic N) is 1. The summed E-state index contributed by atoms with van der Waals surface area (Å²) in [4.78, 5) is 4.29. The monoisotopic (exact) mass is 285 g/mol. The Morgan fingerprint density at radius 1 is 1.16 bits per heavy atom. The number of rotatable bonds is 2. The van der Waals surface area contributed by atoms with E-state index in [1.165, 1.54) is 6.07 Å². The van der Waals surface area contributed by atoms with Gasteiger partial charge in [0, 0.05) is 17.1 Å². The fourth-order valence-electron chi connectivity index (χ4n) is 1.75. The molecule has 5 heteroatoms. The number of aromatic nitrogens is 1. The Bertz CT molecular complexity index is 593. The predicted molar refractivity (Wildman–Crippen MR) is 69.0 cm³/mol. The summed E-state index contributed by atoms with van der Waals surface area (Å²) in [6.07, 6.45) is -4.35. The van der Waals surface area contributed by atoms with Crippen molar-refractivity contribution >= 4 is 11.6 Å². The van der Waals surface area contributed by atoms with Crippen LogP contribution >= 0.6 is 11.6 Å². The minimum absolute atomic E-state index is 0.335. The summed E-state index contributed by atoms with van der Waals surface area (Å²) in [6.45, 7) is 1.79. The van der Waals surface area contributed by atoms with Crippen LogP contribution in [0.3, 0.4) is 0 Å². The molecule has 0 bridgehead atoms. The predicted octanol–water partition coefficient (Wildman–Crippen LogP) is 4.81. The lowest BCUT2D eigenvalue weighted by Gasteiger charge is -2.09. The average molecular weight is 286 g/mol. The molecule has 1 heterocycles. The Labute approximate surface area is 114 Å². The van der Waals surface area contributed by atoms with E-state index >= 15 is 0 Å². The second-order valence-electron chi connectivity index (χ2n) is 4.15. The molecular formula is C14H11ClF3N. The molecule has 0 aliphatic rings. The number of hydrogen-bond donors (Lipinski definition) is 0. The molecule has 0 aliphatic carbocycles. The SMILES string of the molecule is Cc1nc(-c2cccc(C(F)(F)F)c2)ccc1CCl.